The molecule has 1 aliphatic rings. The lowest BCUT2D eigenvalue weighted by Crippen LogP contribution is -2.77. The zero-order valence-electron chi connectivity index (χ0n) is 24.3. The largest absolute Gasteiger partial charge is 0.236 e. The van der Waals surface area contributed by atoms with Gasteiger partial charge in [-0.2, -0.15) is 16.6 Å². The van der Waals surface area contributed by atoms with Gasteiger partial charge in [0.25, 0.3) is 0 Å². The molecule has 0 aliphatic carbocycles. The Hall–Kier alpha value is -0.486. The Morgan fingerprint density at radius 2 is 0.694 bits per heavy atom. The quantitative estimate of drug-likeness (QED) is 0.268. The fourth-order valence-corrected chi connectivity index (χ4v) is 36.5. The molecule has 0 bridgehead atoms. The molecule has 0 aromatic heterocycles. The normalized spacial score (nSPS) is 21.4. The van der Waals surface area contributed by atoms with Crippen molar-refractivity contribution in [3.8, 4) is 0 Å². The molecule has 1 aliphatic heterocycles. The Morgan fingerprint density at radius 3 is 0.889 bits per heavy atom. The van der Waals surface area contributed by atoms with Gasteiger partial charge in [-0.05, 0) is 30.5 Å². The van der Waals surface area contributed by atoms with Gasteiger partial charge >= 0.3 is 0 Å². The Balaban J connectivity index is 2.33. The number of rotatable bonds is 4. The van der Waals surface area contributed by atoms with Crippen molar-refractivity contribution in [1.82, 2.24) is 8.21 Å². The number of nitrogens with zero attached hydrogens (tertiary/aromatic N) is 2. The van der Waals surface area contributed by atoms with Crippen molar-refractivity contribution in [3.05, 3.63) is 60.7 Å². The summed E-state index contributed by atoms with van der Waals surface area (Å²) >= 11 is 0. The third kappa shape index (κ3) is 4.23. The third-order valence-electron chi connectivity index (χ3n) is 7.95. The Morgan fingerprint density at radius 1 is 0.472 bits per heavy atom. The van der Waals surface area contributed by atoms with E-state index in [-0.39, 0.29) is 20.2 Å². The zero-order chi connectivity index (χ0) is 27.5. The molecule has 36 heavy (non-hydrogen) atoms. The molecule has 0 N–H and O–H groups in total. The van der Waals surface area contributed by atoms with E-state index in [1.807, 2.05) is 44.6 Å². The monoisotopic (exact) mass is 566 g/mol. The van der Waals surface area contributed by atoms with Gasteiger partial charge in [-0.15, -0.1) is 0 Å². The van der Waals surface area contributed by atoms with Gasteiger partial charge in [0.05, 0.1) is 0 Å². The van der Waals surface area contributed by atoms with Gasteiger partial charge in [0.1, 0.15) is 0 Å². The van der Waals surface area contributed by atoms with Gasteiger partial charge < -0.3 is 0 Å². The van der Waals surface area contributed by atoms with Crippen LogP contribution in [0.3, 0.4) is 0 Å². The first-order valence-electron chi connectivity index (χ1n) is 12.9. The van der Waals surface area contributed by atoms with Gasteiger partial charge in [0.15, 0.2) is 16.5 Å². The fourth-order valence-electron chi connectivity index (χ4n) is 7.52. The summed E-state index contributed by atoms with van der Waals surface area (Å²) in [6.45, 7) is 26.4. The summed E-state index contributed by atoms with van der Waals surface area (Å²) in [6, 6.07) is 20.6. The predicted molar refractivity (Wildman–Crippen MR) is 162 cm³/mol. The number of benzene rings is 2. The first-order chi connectivity index (χ1) is 16.3. The lowest BCUT2D eigenvalue weighted by molar-refractivity contribution is 0.505. The van der Waals surface area contributed by atoms with Crippen LogP contribution in [0.4, 0.5) is 8.39 Å². The summed E-state index contributed by atoms with van der Waals surface area (Å²) in [5, 5.41) is 1.13. The Labute approximate surface area is 224 Å². The molecule has 3 rings (SSSR count). The van der Waals surface area contributed by atoms with Gasteiger partial charge in [0, 0.05) is 0 Å². The molecule has 8 heteroatoms. The van der Waals surface area contributed by atoms with E-state index < -0.39 is 33.5 Å². The van der Waals surface area contributed by atoms with Crippen LogP contribution in [-0.2, 0) is 0 Å². The highest BCUT2D eigenvalue weighted by Crippen LogP contribution is 2.86. The van der Waals surface area contributed by atoms with E-state index in [1.54, 1.807) is 0 Å². The van der Waals surface area contributed by atoms with Crippen LogP contribution in [0.5, 0.6) is 0 Å². The van der Waals surface area contributed by atoms with Gasteiger partial charge in [-0.3, -0.25) is 0 Å². The lowest BCUT2D eigenvalue weighted by atomic mass is 10.2. The van der Waals surface area contributed by atoms with E-state index >= 15 is 8.39 Å². The average molecular weight is 567 g/mol. The van der Waals surface area contributed by atoms with Crippen LogP contribution in [0.25, 0.3) is 0 Å². The highest BCUT2D eigenvalue weighted by Gasteiger charge is 2.76. The van der Waals surface area contributed by atoms with Gasteiger partial charge in [0.2, 0.25) is 17.1 Å². The molecule has 200 valence electrons. The second-order valence-electron chi connectivity index (χ2n) is 14.2. The van der Waals surface area contributed by atoms with Crippen molar-refractivity contribution >= 4 is 43.9 Å². The molecule has 0 radical (unpaired) electrons. The van der Waals surface area contributed by atoms with Crippen molar-refractivity contribution < 1.29 is 8.39 Å². The van der Waals surface area contributed by atoms with E-state index in [0.717, 1.165) is 10.4 Å². The van der Waals surface area contributed by atoms with Crippen LogP contribution in [0.2, 0.25) is 20.2 Å². The van der Waals surface area contributed by atoms with E-state index in [0.29, 0.717) is 0 Å². The average Bonchev–Trinajstić information content (AvgIpc) is 2.73. The Bertz CT molecular complexity index is 920. The summed E-state index contributed by atoms with van der Waals surface area (Å²) in [5.41, 5.74) is 0. The van der Waals surface area contributed by atoms with E-state index in [9.17, 15) is 0 Å². The molecule has 0 saturated carbocycles. The molecule has 0 atom stereocenters. The molecular weight excluding hydrogens is 520 g/mol. The summed E-state index contributed by atoms with van der Waals surface area (Å²) in [5.74, 6) is 0. The van der Waals surface area contributed by atoms with Crippen LogP contribution < -0.4 is 10.4 Å². The zero-order valence-corrected chi connectivity index (χ0v) is 28.1. The molecule has 1 fully saturated rings. The summed E-state index contributed by atoms with van der Waals surface area (Å²) < 4.78 is 38.3. The highest BCUT2D eigenvalue weighted by molar-refractivity contribution is 7.83. The first kappa shape index (κ1) is 30.1. The molecule has 2 nitrogen and oxygen atoms in total. The number of hydrogen-bond donors (Lipinski definition) is 0. The first-order valence-corrected chi connectivity index (χ1v) is 19.1. The van der Waals surface area contributed by atoms with E-state index in [1.165, 1.54) is 0 Å². The lowest BCUT2D eigenvalue weighted by Gasteiger charge is -2.69. The van der Waals surface area contributed by atoms with Crippen LogP contribution in [0, 0.1) is 0 Å². The van der Waals surface area contributed by atoms with Crippen LogP contribution in [-0.4, -0.2) is 24.7 Å². The number of hydrogen-bond acceptors (Lipinski definition) is 2. The maximum atomic E-state index is 17.3. The van der Waals surface area contributed by atoms with Crippen LogP contribution in [0.1, 0.15) is 83.1 Å². The standard InChI is InChI=1S/C28H46F2N2P2Si2/c1-25(2,3)35(26(4,5)6,23-19-15-13-16-20-23)31-33(29)32(34(31)30)36(27(7,8)9,28(10,11)12)24-21-17-14-18-22-24/h13-22H,1-12H3. The van der Waals surface area contributed by atoms with E-state index in [2.05, 4.69) is 107 Å². The minimum Gasteiger partial charge on any atom is -0.199 e. The van der Waals surface area contributed by atoms with Crippen molar-refractivity contribution in [3.63, 3.8) is 0 Å². The molecule has 2 aromatic rings. The minimum absolute atomic E-state index is 0.279. The number of halogens is 2. The highest BCUT2D eigenvalue weighted by atomic mass is 31.3. The van der Waals surface area contributed by atoms with Crippen molar-refractivity contribution in [1.29, 1.82) is 0 Å². The fraction of sp³-hybridized carbons (Fsp3) is 0.571. The molecule has 0 unspecified atom stereocenters. The second kappa shape index (κ2) is 9.61. The summed E-state index contributed by atoms with van der Waals surface area (Å²) in [6.07, 6.45) is 0. The van der Waals surface area contributed by atoms with Gasteiger partial charge in [-0.1, -0.05) is 144 Å². The van der Waals surface area contributed by atoms with Crippen molar-refractivity contribution in [2.45, 2.75) is 103 Å². The SMILES string of the molecule is CC(C)(C)[Si](c1ccccc1)(N1P(F)N([Si](c2ccccc2)(C(C)(C)C)C(C)(C)C)P1F)C(C)(C)C. The minimum atomic E-state index is -2.94. The molecule has 2 aromatic carbocycles. The smallest absolute Gasteiger partial charge is 0.199 e. The molecule has 0 spiro atoms. The third-order valence-corrected chi connectivity index (χ3v) is 28.8. The predicted octanol–water partition coefficient (Wildman–Crippen LogP) is 9.90. The maximum absolute atomic E-state index is 17.3. The topological polar surface area (TPSA) is 6.48 Å². The molecule has 1 heterocycles. The Kier molecular flexibility index (Phi) is 8.02. The molecule has 1 saturated heterocycles. The van der Waals surface area contributed by atoms with Gasteiger partial charge in [-0.25, -0.2) is 0 Å². The second-order valence-corrected chi connectivity index (χ2v) is 29.8. The molecular formula is C28H46F2N2P2Si2. The van der Waals surface area contributed by atoms with Crippen molar-refractivity contribution in [2.24, 2.45) is 0 Å². The van der Waals surface area contributed by atoms with Crippen LogP contribution >= 0.6 is 17.1 Å². The van der Waals surface area contributed by atoms with E-state index in [4.69, 9.17) is 0 Å². The van der Waals surface area contributed by atoms with Crippen molar-refractivity contribution in [2.75, 3.05) is 0 Å². The summed E-state index contributed by atoms with van der Waals surface area (Å²) in [7, 11) is -10.5. The van der Waals surface area contributed by atoms with Crippen LogP contribution in [0.15, 0.2) is 60.7 Å². The maximum Gasteiger partial charge on any atom is 0.236 e. The summed E-state index contributed by atoms with van der Waals surface area (Å²) in [4.78, 5) is 0. The molecule has 0 amide bonds.